The molecular weight excluding hydrogens is 1390 g/mol. The lowest BCUT2D eigenvalue weighted by molar-refractivity contribution is 0.00568. The molecule has 0 saturated carbocycles. The predicted molar refractivity (Wildman–Crippen MR) is 420 cm³/mol. The summed E-state index contributed by atoms with van der Waals surface area (Å²) in [7, 11) is 0. The number of para-hydroxylation sites is 4. The Kier molecular flexibility index (Phi) is 33.3. The van der Waals surface area contributed by atoms with Crippen LogP contribution in [0.5, 0.6) is 40.2 Å². The molecule has 0 radical (unpaired) electrons. The summed E-state index contributed by atoms with van der Waals surface area (Å²) in [5, 5.41) is 28.8. The minimum Gasteiger partial charge on any atom is -0.508 e. The van der Waals surface area contributed by atoms with E-state index in [1.807, 2.05) is 178 Å². The number of carbonyl (C=O) groups excluding carboxylic acids is 3. The molecule has 0 aliphatic heterocycles. The van der Waals surface area contributed by atoms with E-state index in [0.29, 0.717) is 62.7 Å². The van der Waals surface area contributed by atoms with E-state index in [1.54, 1.807) is 100 Å². The quantitative estimate of drug-likeness (QED) is 0.0498. The number of phenols is 1. The number of rotatable bonds is 14. The van der Waals surface area contributed by atoms with Gasteiger partial charge in [0.1, 0.15) is 63.1 Å². The molecule has 21 heteroatoms. The predicted octanol–water partition coefficient (Wildman–Crippen LogP) is 19.0. The normalized spacial score (nSPS) is 10.4. The molecule has 0 saturated heterocycles. The zero-order chi connectivity index (χ0) is 80.7. The van der Waals surface area contributed by atoms with Crippen LogP contribution in [0.2, 0.25) is 0 Å². The van der Waals surface area contributed by atoms with Crippen molar-refractivity contribution in [3.8, 4) is 40.2 Å². The number of aromatic amines is 2. The van der Waals surface area contributed by atoms with Crippen molar-refractivity contribution in [2.75, 3.05) is 0 Å². The number of carbonyl (C=O) groups is 5. The first-order chi connectivity index (χ1) is 51.4. The Morgan fingerprint density at radius 1 is 0.394 bits per heavy atom. The van der Waals surface area contributed by atoms with E-state index in [9.17, 15) is 42.3 Å². The molecule has 11 aromatic rings. The van der Waals surface area contributed by atoms with Crippen LogP contribution in [0.1, 0.15) is 155 Å². The molecule has 0 fully saturated rings. The van der Waals surface area contributed by atoms with E-state index in [2.05, 4.69) is 15.3 Å². The molecule has 19 nitrogen and oxygen atoms in total. The highest BCUT2D eigenvalue weighted by Crippen LogP contribution is 2.29. The van der Waals surface area contributed by atoms with Gasteiger partial charge in [-0.05, 0) is 294 Å². The first-order valence-corrected chi connectivity index (χ1v) is 34.5. The van der Waals surface area contributed by atoms with E-state index in [-0.39, 0.29) is 52.3 Å². The van der Waals surface area contributed by atoms with E-state index >= 15 is 0 Å². The number of aromatic hydroxyl groups is 1. The summed E-state index contributed by atoms with van der Waals surface area (Å²) in [6.07, 6.45) is 0. The number of nitrogens with one attached hydrogen (secondary N) is 3. The lowest BCUT2D eigenvalue weighted by atomic mass is 10.1. The van der Waals surface area contributed by atoms with Crippen molar-refractivity contribution < 1.29 is 71.8 Å². The number of esters is 2. The van der Waals surface area contributed by atoms with Gasteiger partial charge >= 0.3 is 23.9 Å². The smallest absolute Gasteiger partial charge is 0.338 e. The van der Waals surface area contributed by atoms with Gasteiger partial charge < -0.3 is 60.0 Å². The molecule has 570 valence electrons. The number of H-pyrrole nitrogens is 2. The summed E-state index contributed by atoms with van der Waals surface area (Å²) in [5.74, 6) is 1.02. The van der Waals surface area contributed by atoms with E-state index in [0.717, 1.165) is 68.3 Å². The number of halogens is 2. The number of nitrogens with two attached hydrogens (primary N) is 1. The highest BCUT2D eigenvalue weighted by Gasteiger charge is 2.21. The maximum absolute atomic E-state index is 12.9. The van der Waals surface area contributed by atoms with Gasteiger partial charge in [0.15, 0.2) is 0 Å². The average Bonchev–Trinajstić information content (AvgIpc) is 0.848. The summed E-state index contributed by atoms with van der Waals surface area (Å²) in [6, 6.07) is 64.2. The van der Waals surface area contributed by atoms with Gasteiger partial charge in [0, 0.05) is 41.2 Å². The minimum atomic E-state index is -1.03. The number of hydrogen-bond acceptors (Lipinski definition) is 14. The SMILES string of the molecule is Cc1cc(C(=O)O)ccc1F.Cc1cc(C(=O)O)ccc1Oc1ccccc1.Cc1cc(C(=O)OC(C)(C)C)ccc1F.Cc1cc(C(=O)OC(C)(C)C)ccc1Oc1ccccc1.Cc1cc(C)c(CN)c(=O)[nH]1.Cc1cc(C)c(CNC(=O)c2ccc(Oc3ccccc3)c(C)c2)c(=O)[nH]1.Oc1ccccc1. The Hall–Kier alpha value is -12.8. The van der Waals surface area contributed by atoms with Crippen molar-refractivity contribution >= 4 is 29.8 Å². The van der Waals surface area contributed by atoms with Gasteiger partial charge in [0.2, 0.25) is 0 Å². The largest absolute Gasteiger partial charge is 0.508 e. The molecule has 0 spiro atoms. The van der Waals surface area contributed by atoms with Crippen molar-refractivity contribution in [3.63, 3.8) is 0 Å². The van der Waals surface area contributed by atoms with Crippen LogP contribution >= 0.6 is 0 Å². The Balaban J connectivity index is 0.000000236. The number of carboxylic acid groups (broad SMARTS) is 2. The fourth-order valence-corrected chi connectivity index (χ4v) is 9.70. The topological polar surface area (TPSA) is 296 Å². The van der Waals surface area contributed by atoms with Gasteiger partial charge in [0.25, 0.3) is 17.0 Å². The second-order valence-corrected chi connectivity index (χ2v) is 26.8. The number of pyridine rings is 2. The zero-order valence-electron chi connectivity index (χ0n) is 63.9. The third-order valence-electron chi connectivity index (χ3n) is 15.2. The van der Waals surface area contributed by atoms with Crippen LogP contribution in [0.25, 0.3) is 0 Å². The molecule has 1 amide bonds. The molecule has 2 aromatic heterocycles. The number of benzene rings is 9. The van der Waals surface area contributed by atoms with Gasteiger partial charge in [0.05, 0.1) is 22.3 Å². The monoisotopic (exact) mass is 1480 g/mol. The molecule has 9 aromatic carbocycles. The summed E-state index contributed by atoms with van der Waals surface area (Å²) in [6.45, 7) is 27.6. The Bertz CT molecular complexity index is 4980. The van der Waals surface area contributed by atoms with Gasteiger partial charge in [-0.3, -0.25) is 14.4 Å². The van der Waals surface area contributed by atoms with Gasteiger partial charge in [-0.25, -0.2) is 28.0 Å². The van der Waals surface area contributed by atoms with E-state index in [4.69, 9.17) is 44.7 Å². The second-order valence-electron chi connectivity index (χ2n) is 26.8. The fourth-order valence-electron chi connectivity index (χ4n) is 9.70. The molecule has 2 heterocycles. The summed E-state index contributed by atoms with van der Waals surface area (Å²) >= 11 is 0. The molecule has 109 heavy (non-hydrogen) atoms. The summed E-state index contributed by atoms with van der Waals surface area (Å²) < 4.78 is 53.3. The summed E-state index contributed by atoms with van der Waals surface area (Å²) in [5.41, 5.74) is 14.0. The lowest BCUT2D eigenvalue weighted by Crippen LogP contribution is -2.28. The Morgan fingerprint density at radius 2 is 0.697 bits per heavy atom. The van der Waals surface area contributed by atoms with Crippen LogP contribution in [0, 0.1) is 73.9 Å². The second kappa shape index (κ2) is 41.8. The number of amides is 1. The lowest BCUT2D eigenvalue weighted by Gasteiger charge is -2.19. The van der Waals surface area contributed by atoms with Crippen LogP contribution < -0.4 is 36.4 Å². The van der Waals surface area contributed by atoms with Crippen molar-refractivity contribution in [2.24, 2.45) is 5.73 Å². The van der Waals surface area contributed by atoms with Crippen LogP contribution in [0.3, 0.4) is 0 Å². The van der Waals surface area contributed by atoms with Crippen LogP contribution in [0.4, 0.5) is 8.78 Å². The molecule has 0 unspecified atom stereocenters. The number of phenolic OH excluding ortho intramolecular Hbond substituents is 1. The van der Waals surface area contributed by atoms with Crippen LogP contribution in [0.15, 0.2) is 234 Å². The number of ether oxygens (including phenoxy) is 5. The van der Waals surface area contributed by atoms with E-state index < -0.39 is 29.1 Å². The molecule has 0 atom stereocenters. The molecule has 11 rings (SSSR count). The number of hydrogen-bond donors (Lipinski definition) is 7. The van der Waals surface area contributed by atoms with Crippen molar-refractivity contribution in [1.82, 2.24) is 15.3 Å². The third kappa shape index (κ3) is 30.3. The average molecular weight is 1490 g/mol. The maximum atomic E-state index is 12.9. The van der Waals surface area contributed by atoms with Crippen molar-refractivity contribution in [1.29, 1.82) is 0 Å². The minimum absolute atomic E-state index is 0.0648. The van der Waals surface area contributed by atoms with Crippen LogP contribution in [-0.2, 0) is 22.6 Å². The number of aromatic carboxylic acids is 2. The third-order valence-corrected chi connectivity index (χ3v) is 15.2. The molecule has 0 bridgehead atoms. The van der Waals surface area contributed by atoms with E-state index in [1.165, 1.54) is 43.3 Å². The van der Waals surface area contributed by atoms with Crippen LogP contribution in [-0.4, -0.2) is 66.3 Å². The molecule has 8 N–H and O–H groups in total. The maximum Gasteiger partial charge on any atom is 0.338 e. The zero-order valence-corrected chi connectivity index (χ0v) is 63.9. The number of aryl methyl sites for hydroxylation is 9. The van der Waals surface area contributed by atoms with Crippen molar-refractivity contribution in [2.45, 2.75) is 128 Å². The standard InChI is InChI=1S/C22H22N2O3.C18H20O3.C14H12O3.C12H15FO2.C8H7FO2.C8H12N2O.C6H6O/c1-14-11-16(3)24-22(26)19(14)13-23-21(25)17-9-10-20(15(2)12-17)27-18-7-5-4-6-8-18;1-13-12-14(17(19)21-18(2,3)4)10-11-16(13)20-15-8-6-5-7-9-15;1-10-9-11(14(15)16)7-8-13(10)17-12-5-3-2-4-6-12;1-8-7-9(5-6-10(8)13)11(14)15-12(2,3)4;1-5-4-6(8(10)11)2-3-7(5)9;1-5-3-6(2)10-8(11)7(5)4-9;7-6-4-2-1-3-5-6/h4-12H,13H2,1-3H3,(H,23,25)(H,24,26);5-12H,1-4H3;2-9H,1H3,(H,15,16);5-7H,1-4H3;2-4H,1H3,(H,10,11);3H,4,9H2,1-2H3,(H,10,11);1-5,7H. The van der Waals surface area contributed by atoms with Gasteiger partial charge in [-0.1, -0.05) is 72.8 Å². The molecule has 0 aliphatic carbocycles. The Morgan fingerprint density at radius 3 is 1.02 bits per heavy atom. The van der Waals surface area contributed by atoms with Gasteiger partial charge in [-0.2, -0.15) is 0 Å². The summed E-state index contributed by atoms with van der Waals surface area (Å²) in [4.78, 5) is 85.9. The first-order valence-electron chi connectivity index (χ1n) is 34.5. The molecular formula is C88H94F2N4O15. The first kappa shape index (κ1) is 86.9. The number of aromatic nitrogens is 2. The highest BCUT2D eigenvalue weighted by atomic mass is 19.1. The molecule has 0 aliphatic rings. The number of carboxylic acids is 2. The Labute approximate surface area is 634 Å². The van der Waals surface area contributed by atoms with Gasteiger partial charge in [-0.15, -0.1) is 0 Å². The fraction of sp³-hybridized carbons (Fsp3) is 0.216. The van der Waals surface area contributed by atoms with Crippen molar-refractivity contribution in [3.05, 3.63) is 346 Å². The highest BCUT2D eigenvalue weighted by molar-refractivity contribution is 5.95.